The molecule has 7 heteroatoms. The van der Waals surface area contributed by atoms with E-state index in [0.29, 0.717) is 30.1 Å². The number of anilines is 1. The number of hydrogen-bond acceptors (Lipinski definition) is 5. The highest BCUT2D eigenvalue weighted by Crippen LogP contribution is 2.33. The molecule has 2 amide bonds. The summed E-state index contributed by atoms with van der Waals surface area (Å²) in [5.74, 6) is -0.0818. The molecule has 3 rings (SSSR count). The second kappa shape index (κ2) is 10.2. The summed E-state index contributed by atoms with van der Waals surface area (Å²) in [7, 11) is 0. The molecular formula is C22H22N2O3S2. The zero-order valence-electron chi connectivity index (χ0n) is 15.8. The fraction of sp³-hybridized carbons (Fsp3) is 0.227. The maximum absolute atomic E-state index is 12.3. The van der Waals surface area contributed by atoms with Gasteiger partial charge in [0.2, 0.25) is 5.91 Å². The molecule has 1 aliphatic rings. The summed E-state index contributed by atoms with van der Waals surface area (Å²) in [6.07, 6.45) is 4.58. The zero-order chi connectivity index (χ0) is 20.6. The van der Waals surface area contributed by atoms with Crippen LogP contribution in [0, 0.1) is 0 Å². The van der Waals surface area contributed by atoms with Crippen molar-refractivity contribution in [3.8, 4) is 5.75 Å². The van der Waals surface area contributed by atoms with Crippen LogP contribution in [0.25, 0.3) is 6.08 Å². The Labute approximate surface area is 179 Å². The minimum atomic E-state index is -0.136. The number of thiocarbonyl (C=S) groups is 1. The summed E-state index contributed by atoms with van der Waals surface area (Å²) >= 11 is 6.64. The number of nitrogens with zero attached hydrogens (tertiary/aromatic N) is 1. The Bertz CT molecular complexity index is 929. The molecule has 2 N–H and O–H groups in total. The predicted molar refractivity (Wildman–Crippen MR) is 122 cm³/mol. The Kier molecular flexibility index (Phi) is 7.43. The standard InChI is InChI=1S/C22H22N2O3S2/c25-18-12-7-6-11-17(18)23-20(26)13-5-2-8-14-24-21(28)19(29-22(24)27)15-16-9-3-1-4-10-16/h1,3-4,6-7,9-12,15,25H,2,5,8,13-14H2,(H,23,26). The number of phenols is 1. The molecule has 1 aliphatic heterocycles. The van der Waals surface area contributed by atoms with E-state index in [2.05, 4.69) is 5.32 Å². The van der Waals surface area contributed by atoms with Gasteiger partial charge in [0, 0.05) is 13.0 Å². The number of rotatable bonds is 8. The molecular weight excluding hydrogens is 404 g/mol. The van der Waals surface area contributed by atoms with E-state index in [1.165, 1.54) is 17.8 Å². The van der Waals surface area contributed by atoms with Crippen molar-refractivity contribution < 1.29 is 14.7 Å². The average molecular weight is 427 g/mol. The summed E-state index contributed by atoms with van der Waals surface area (Å²) in [4.78, 5) is 27.3. The molecule has 0 atom stereocenters. The van der Waals surface area contributed by atoms with Gasteiger partial charge in [-0.3, -0.25) is 14.5 Å². The molecule has 0 aliphatic carbocycles. The maximum atomic E-state index is 12.3. The van der Waals surface area contributed by atoms with E-state index in [0.717, 1.165) is 23.3 Å². The van der Waals surface area contributed by atoms with Gasteiger partial charge in [0.25, 0.3) is 5.24 Å². The highest BCUT2D eigenvalue weighted by Gasteiger charge is 2.30. The van der Waals surface area contributed by atoms with Crippen molar-refractivity contribution in [3.05, 3.63) is 65.1 Å². The monoisotopic (exact) mass is 426 g/mol. The fourth-order valence-corrected chi connectivity index (χ4v) is 4.21. The summed E-state index contributed by atoms with van der Waals surface area (Å²) < 4.78 is 0. The normalized spacial score (nSPS) is 15.2. The summed E-state index contributed by atoms with van der Waals surface area (Å²) in [5, 5.41) is 12.3. The van der Waals surface area contributed by atoms with Crippen LogP contribution >= 0.6 is 24.0 Å². The summed E-state index contributed by atoms with van der Waals surface area (Å²) in [6.45, 7) is 0.553. The van der Waals surface area contributed by atoms with Crippen LogP contribution in [0.1, 0.15) is 31.2 Å². The molecule has 1 saturated heterocycles. The Morgan fingerprint density at radius 2 is 1.79 bits per heavy atom. The minimum Gasteiger partial charge on any atom is -0.506 e. The highest BCUT2D eigenvalue weighted by atomic mass is 32.2. The molecule has 2 aromatic rings. The van der Waals surface area contributed by atoms with E-state index in [4.69, 9.17) is 12.2 Å². The third kappa shape index (κ3) is 5.92. The van der Waals surface area contributed by atoms with E-state index in [9.17, 15) is 14.7 Å². The Balaban J connectivity index is 1.41. The van der Waals surface area contributed by atoms with Crippen molar-refractivity contribution in [2.45, 2.75) is 25.7 Å². The highest BCUT2D eigenvalue weighted by molar-refractivity contribution is 8.19. The predicted octanol–water partition coefficient (Wildman–Crippen LogP) is 5.43. The first-order valence-electron chi connectivity index (χ1n) is 9.43. The third-order valence-corrected chi connectivity index (χ3v) is 5.93. The van der Waals surface area contributed by atoms with Crippen molar-refractivity contribution in [1.82, 2.24) is 4.90 Å². The Morgan fingerprint density at radius 3 is 2.55 bits per heavy atom. The summed E-state index contributed by atoms with van der Waals surface area (Å²) in [6, 6.07) is 16.4. The molecule has 1 heterocycles. The molecule has 0 unspecified atom stereocenters. The molecule has 0 spiro atoms. The molecule has 5 nitrogen and oxygen atoms in total. The van der Waals surface area contributed by atoms with Gasteiger partial charge in [-0.1, -0.05) is 61.1 Å². The third-order valence-electron chi connectivity index (χ3n) is 4.43. The van der Waals surface area contributed by atoms with Crippen molar-refractivity contribution in [1.29, 1.82) is 0 Å². The lowest BCUT2D eigenvalue weighted by Crippen LogP contribution is -2.28. The van der Waals surface area contributed by atoms with Gasteiger partial charge in [-0.05, 0) is 48.4 Å². The molecule has 0 bridgehead atoms. The molecule has 0 radical (unpaired) electrons. The van der Waals surface area contributed by atoms with E-state index in [-0.39, 0.29) is 16.9 Å². The van der Waals surface area contributed by atoms with Gasteiger partial charge < -0.3 is 10.4 Å². The van der Waals surface area contributed by atoms with E-state index in [1.54, 1.807) is 23.1 Å². The van der Waals surface area contributed by atoms with E-state index in [1.807, 2.05) is 36.4 Å². The number of hydrogen-bond donors (Lipinski definition) is 2. The van der Waals surface area contributed by atoms with Crippen molar-refractivity contribution in [2.24, 2.45) is 0 Å². The van der Waals surface area contributed by atoms with Crippen molar-refractivity contribution in [2.75, 3.05) is 11.9 Å². The number of carbonyl (C=O) groups excluding carboxylic acids is 2. The van der Waals surface area contributed by atoms with E-state index < -0.39 is 0 Å². The maximum Gasteiger partial charge on any atom is 0.291 e. The van der Waals surface area contributed by atoms with Crippen LogP contribution in [0.2, 0.25) is 0 Å². The first kappa shape index (κ1) is 21.1. The van der Waals surface area contributed by atoms with Gasteiger partial charge in [0.15, 0.2) is 0 Å². The van der Waals surface area contributed by atoms with Gasteiger partial charge in [0.1, 0.15) is 10.7 Å². The molecule has 0 aromatic heterocycles. The van der Waals surface area contributed by atoms with Crippen LogP contribution in [0.15, 0.2) is 59.5 Å². The number of thioether (sulfide) groups is 1. The average Bonchev–Trinajstić information content (AvgIpc) is 2.97. The molecule has 1 fully saturated rings. The lowest BCUT2D eigenvalue weighted by molar-refractivity contribution is -0.116. The van der Waals surface area contributed by atoms with Gasteiger partial charge in [-0.25, -0.2) is 0 Å². The fourth-order valence-electron chi connectivity index (χ4n) is 2.92. The molecule has 150 valence electrons. The Morgan fingerprint density at radius 1 is 1.07 bits per heavy atom. The quantitative estimate of drug-likeness (QED) is 0.255. The number of benzene rings is 2. The summed E-state index contributed by atoms with van der Waals surface area (Å²) in [5.41, 5.74) is 1.43. The number of phenolic OH excluding ortho intramolecular Hbond substituents is 1. The van der Waals surface area contributed by atoms with Crippen LogP contribution in [0.4, 0.5) is 10.5 Å². The van der Waals surface area contributed by atoms with Crippen molar-refractivity contribution >= 4 is 51.9 Å². The second-order valence-corrected chi connectivity index (χ2v) is 8.00. The topological polar surface area (TPSA) is 69.6 Å². The largest absolute Gasteiger partial charge is 0.506 e. The van der Waals surface area contributed by atoms with Crippen molar-refractivity contribution in [3.63, 3.8) is 0 Å². The zero-order valence-corrected chi connectivity index (χ0v) is 17.5. The van der Waals surface area contributed by atoms with Crippen LogP contribution in [-0.2, 0) is 4.79 Å². The lowest BCUT2D eigenvalue weighted by atomic mass is 10.1. The molecule has 2 aromatic carbocycles. The minimum absolute atomic E-state index is 0.0468. The molecule has 0 saturated carbocycles. The van der Waals surface area contributed by atoms with Crippen LogP contribution in [0.5, 0.6) is 5.75 Å². The first-order valence-corrected chi connectivity index (χ1v) is 10.7. The number of aromatic hydroxyl groups is 1. The SMILES string of the molecule is O=C(CCCCCN1C(=O)SC(=Cc2ccccc2)C1=S)Nc1ccccc1O. The molecule has 29 heavy (non-hydrogen) atoms. The van der Waals surface area contributed by atoms with Crippen LogP contribution in [0.3, 0.4) is 0 Å². The number of carbonyl (C=O) groups is 2. The van der Waals surface area contributed by atoms with Gasteiger partial charge in [0.05, 0.1) is 10.6 Å². The first-order chi connectivity index (χ1) is 14.0. The number of nitrogens with one attached hydrogen (secondary N) is 1. The second-order valence-electron chi connectivity index (χ2n) is 6.62. The van der Waals surface area contributed by atoms with E-state index >= 15 is 0 Å². The smallest absolute Gasteiger partial charge is 0.291 e. The van der Waals surface area contributed by atoms with Gasteiger partial charge in [-0.2, -0.15) is 0 Å². The number of para-hydroxylation sites is 2. The van der Waals surface area contributed by atoms with Gasteiger partial charge >= 0.3 is 0 Å². The van der Waals surface area contributed by atoms with Crippen LogP contribution in [-0.4, -0.2) is 32.7 Å². The Hall–Kier alpha value is -2.64. The number of unbranched alkanes of at least 4 members (excludes halogenated alkanes) is 2. The lowest BCUT2D eigenvalue weighted by Gasteiger charge is -2.14. The van der Waals surface area contributed by atoms with Gasteiger partial charge in [-0.15, -0.1) is 0 Å². The number of amides is 2. The van der Waals surface area contributed by atoms with Crippen LogP contribution < -0.4 is 5.32 Å².